The van der Waals surface area contributed by atoms with Crippen LogP contribution in [0, 0.1) is 6.57 Å². The fraction of sp³-hybridized carbons (Fsp3) is 0.278. The molecular formula is C18H16N8O. The molecule has 0 unspecified atom stereocenters. The highest BCUT2D eigenvalue weighted by molar-refractivity contribution is 5.68. The highest BCUT2D eigenvalue weighted by atomic mass is 16.5. The van der Waals surface area contributed by atoms with Gasteiger partial charge in [-0.2, -0.15) is 10.2 Å². The third kappa shape index (κ3) is 2.42. The molecule has 0 bridgehead atoms. The molecule has 5 heterocycles. The van der Waals surface area contributed by atoms with E-state index < -0.39 is 0 Å². The molecule has 0 amide bonds. The third-order valence-corrected chi connectivity index (χ3v) is 4.83. The Bertz CT molecular complexity index is 1170. The summed E-state index contributed by atoms with van der Waals surface area (Å²) in [6.07, 6.45) is 11.0. The third-order valence-electron chi connectivity index (χ3n) is 4.83. The van der Waals surface area contributed by atoms with Gasteiger partial charge in [-0.05, 0) is 0 Å². The minimum Gasteiger partial charge on any atom is -0.376 e. The zero-order chi connectivity index (χ0) is 18.4. The molecule has 0 spiro atoms. The molecule has 9 heteroatoms. The molecule has 0 aromatic carbocycles. The standard InChI is InChI=1S/C18H16N8O/c1-19-10-18(11-27-12-18)26-9-14(7-22-26)17-23-15(13-6-21-24(2)8-13)5-16-20-3-4-25(16)17/h3-9H,10-12H2,2H3. The second-order valence-corrected chi connectivity index (χ2v) is 6.73. The van der Waals surface area contributed by atoms with Gasteiger partial charge in [0, 0.05) is 43.5 Å². The van der Waals surface area contributed by atoms with Crippen LogP contribution in [-0.4, -0.2) is 53.7 Å². The van der Waals surface area contributed by atoms with Gasteiger partial charge in [-0.25, -0.2) is 16.5 Å². The van der Waals surface area contributed by atoms with Crippen LogP contribution in [0.3, 0.4) is 0 Å². The van der Waals surface area contributed by atoms with Gasteiger partial charge in [0.05, 0.1) is 36.9 Å². The van der Waals surface area contributed by atoms with Crippen LogP contribution in [0.15, 0.2) is 43.2 Å². The molecule has 0 saturated carbocycles. The van der Waals surface area contributed by atoms with E-state index in [2.05, 4.69) is 20.0 Å². The van der Waals surface area contributed by atoms with Crippen molar-refractivity contribution in [3.63, 3.8) is 0 Å². The molecule has 1 fully saturated rings. The first kappa shape index (κ1) is 15.7. The van der Waals surface area contributed by atoms with Gasteiger partial charge in [-0.1, -0.05) is 0 Å². The molecule has 0 atom stereocenters. The van der Waals surface area contributed by atoms with Crippen LogP contribution in [0.25, 0.3) is 33.1 Å². The van der Waals surface area contributed by atoms with Crippen molar-refractivity contribution in [1.29, 1.82) is 0 Å². The minimum absolute atomic E-state index is 0.345. The molecule has 9 nitrogen and oxygen atoms in total. The normalized spacial score (nSPS) is 15.6. The molecule has 0 radical (unpaired) electrons. The predicted molar refractivity (Wildman–Crippen MR) is 96.7 cm³/mol. The van der Waals surface area contributed by atoms with Gasteiger partial charge in [0.1, 0.15) is 11.5 Å². The number of nitrogens with zero attached hydrogens (tertiary/aromatic N) is 8. The van der Waals surface area contributed by atoms with Crippen molar-refractivity contribution in [2.45, 2.75) is 5.54 Å². The smallest absolute Gasteiger partial charge is 0.244 e. The summed E-state index contributed by atoms with van der Waals surface area (Å²) in [6, 6.07) is 1.94. The zero-order valence-electron chi connectivity index (χ0n) is 14.6. The Morgan fingerprint density at radius 3 is 2.78 bits per heavy atom. The summed E-state index contributed by atoms with van der Waals surface area (Å²) in [6.45, 7) is 8.57. The number of hydrogen-bond acceptors (Lipinski definition) is 5. The Hall–Kier alpha value is -3.51. The average Bonchev–Trinajstić information content (AvgIpc) is 3.37. The summed E-state index contributed by atoms with van der Waals surface area (Å²) < 4.78 is 10.9. The molecule has 0 aliphatic carbocycles. The number of fused-ring (bicyclic) bond motifs is 1. The lowest BCUT2D eigenvalue weighted by molar-refractivity contribution is -0.0971. The van der Waals surface area contributed by atoms with E-state index in [1.165, 1.54) is 0 Å². The van der Waals surface area contributed by atoms with E-state index >= 15 is 0 Å². The number of aromatic nitrogens is 7. The molecular weight excluding hydrogens is 344 g/mol. The number of hydrogen-bond donors (Lipinski definition) is 0. The van der Waals surface area contributed by atoms with Gasteiger partial charge in [-0.15, -0.1) is 0 Å². The highest BCUT2D eigenvalue weighted by Crippen LogP contribution is 2.29. The van der Waals surface area contributed by atoms with Gasteiger partial charge in [0.25, 0.3) is 0 Å². The van der Waals surface area contributed by atoms with E-state index in [-0.39, 0.29) is 5.54 Å². The Morgan fingerprint density at radius 1 is 1.22 bits per heavy atom. The second-order valence-electron chi connectivity index (χ2n) is 6.73. The first-order valence-corrected chi connectivity index (χ1v) is 8.48. The van der Waals surface area contributed by atoms with E-state index in [4.69, 9.17) is 16.3 Å². The maximum Gasteiger partial charge on any atom is 0.244 e. The van der Waals surface area contributed by atoms with Crippen LogP contribution in [-0.2, 0) is 17.3 Å². The van der Waals surface area contributed by atoms with Crippen LogP contribution in [0.2, 0.25) is 0 Å². The van der Waals surface area contributed by atoms with E-state index in [0.717, 1.165) is 28.3 Å². The minimum atomic E-state index is -0.380. The lowest BCUT2D eigenvalue weighted by Crippen LogP contribution is -2.54. The van der Waals surface area contributed by atoms with E-state index in [9.17, 15) is 0 Å². The lowest BCUT2D eigenvalue weighted by atomic mass is 9.98. The van der Waals surface area contributed by atoms with Crippen molar-refractivity contribution in [2.24, 2.45) is 7.05 Å². The Balaban J connectivity index is 1.63. The maximum absolute atomic E-state index is 7.22. The van der Waals surface area contributed by atoms with Crippen LogP contribution in [0.5, 0.6) is 0 Å². The molecule has 1 aliphatic rings. The summed E-state index contributed by atoms with van der Waals surface area (Å²) >= 11 is 0. The Labute approximate surface area is 154 Å². The van der Waals surface area contributed by atoms with Gasteiger partial charge >= 0.3 is 0 Å². The van der Waals surface area contributed by atoms with Crippen LogP contribution in [0.4, 0.5) is 0 Å². The second kappa shape index (κ2) is 5.75. The summed E-state index contributed by atoms with van der Waals surface area (Å²) in [5, 5.41) is 8.74. The SMILES string of the molecule is [C-]#[N+]CC1(n2cc(-c3nc(-c4cnn(C)c4)cc4nccn34)cn2)COC1. The van der Waals surface area contributed by atoms with E-state index in [0.29, 0.717) is 19.8 Å². The molecule has 1 saturated heterocycles. The quantitative estimate of drug-likeness (QED) is 0.517. The monoisotopic (exact) mass is 360 g/mol. The number of aryl methyl sites for hydroxylation is 1. The summed E-state index contributed by atoms with van der Waals surface area (Å²) in [5.41, 5.74) is 3.00. The molecule has 5 rings (SSSR count). The van der Waals surface area contributed by atoms with Crippen molar-refractivity contribution in [3.8, 4) is 22.6 Å². The fourth-order valence-corrected chi connectivity index (χ4v) is 3.31. The van der Waals surface area contributed by atoms with Gasteiger partial charge < -0.3 is 9.58 Å². The van der Waals surface area contributed by atoms with Crippen LogP contribution in [0.1, 0.15) is 0 Å². The molecule has 4 aromatic rings. The van der Waals surface area contributed by atoms with Crippen molar-refractivity contribution in [3.05, 3.63) is 54.7 Å². The number of imidazole rings is 1. The summed E-state index contributed by atoms with van der Waals surface area (Å²) in [5.74, 6) is 0.744. The zero-order valence-corrected chi connectivity index (χ0v) is 14.6. The van der Waals surface area contributed by atoms with Crippen molar-refractivity contribution < 1.29 is 4.74 Å². The number of ether oxygens (including phenoxy) is 1. The van der Waals surface area contributed by atoms with Gasteiger partial charge in [0.15, 0.2) is 5.54 Å². The van der Waals surface area contributed by atoms with E-state index in [1.807, 2.05) is 40.8 Å². The molecule has 1 aliphatic heterocycles. The lowest BCUT2D eigenvalue weighted by Gasteiger charge is -2.37. The Kier molecular flexibility index (Phi) is 3.35. The van der Waals surface area contributed by atoms with E-state index in [1.54, 1.807) is 23.3 Å². The maximum atomic E-state index is 7.22. The first-order valence-electron chi connectivity index (χ1n) is 8.48. The van der Waals surface area contributed by atoms with Gasteiger partial charge in [0.2, 0.25) is 6.54 Å². The van der Waals surface area contributed by atoms with Gasteiger partial charge in [-0.3, -0.25) is 13.8 Å². The molecule has 134 valence electrons. The summed E-state index contributed by atoms with van der Waals surface area (Å²) in [7, 11) is 1.87. The molecule has 0 N–H and O–H groups in total. The summed E-state index contributed by atoms with van der Waals surface area (Å²) in [4.78, 5) is 12.8. The average molecular weight is 360 g/mol. The van der Waals surface area contributed by atoms with Crippen molar-refractivity contribution >= 4 is 5.65 Å². The first-order chi connectivity index (χ1) is 13.2. The predicted octanol–water partition coefficient (Wildman–Crippen LogP) is 1.64. The number of rotatable bonds is 4. The van der Waals surface area contributed by atoms with Crippen molar-refractivity contribution in [2.75, 3.05) is 19.8 Å². The fourth-order valence-electron chi connectivity index (χ4n) is 3.31. The van der Waals surface area contributed by atoms with Crippen LogP contribution >= 0.6 is 0 Å². The molecule has 27 heavy (non-hydrogen) atoms. The van der Waals surface area contributed by atoms with Crippen LogP contribution < -0.4 is 0 Å². The van der Waals surface area contributed by atoms with Crippen molar-refractivity contribution in [1.82, 2.24) is 33.9 Å². The largest absolute Gasteiger partial charge is 0.376 e. The topological polar surface area (TPSA) is 79.4 Å². The Morgan fingerprint density at radius 2 is 2.07 bits per heavy atom. The highest BCUT2D eigenvalue weighted by Gasteiger charge is 2.45. The molecule has 4 aromatic heterocycles.